The molecule has 0 aromatic rings. The second-order valence-corrected chi connectivity index (χ2v) is 4.58. The molecule has 1 unspecified atom stereocenters. The fourth-order valence-electron chi connectivity index (χ4n) is 1.23. The molecule has 0 heterocycles. The molecule has 0 aromatic carbocycles. The number of carbonyl (C=O) groups is 2. The molecule has 0 aromatic heterocycles. The van der Waals surface area contributed by atoms with Crippen LogP contribution in [-0.4, -0.2) is 17.9 Å². The van der Waals surface area contributed by atoms with E-state index in [4.69, 9.17) is 4.74 Å². The van der Waals surface area contributed by atoms with Crippen LogP contribution in [0.5, 0.6) is 0 Å². The summed E-state index contributed by atoms with van der Waals surface area (Å²) in [4.78, 5) is 22.9. The first-order valence-corrected chi connectivity index (χ1v) is 5.72. The number of hydrogen-bond acceptors (Lipinski definition) is 3. The van der Waals surface area contributed by atoms with Gasteiger partial charge in [-0.3, -0.25) is 4.79 Å². The van der Waals surface area contributed by atoms with Crippen molar-refractivity contribution in [2.75, 3.05) is 0 Å². The zero-order valence-corrected chi connectivity index (χ0v) is 10.9. The third-order valence-corrected chi connectivity index (χ3v) is 2.14. The topological polar surface area (TPSA) is 43.4 Å². The Hall–Kier alpha value is -1.12. The molecule has 3 heteroatoms. The molecule has 0 bridgehead atoms. The van der Waals surface area contributed by atoms with Gasteiger partial charge in [0.2, 0.25) is 5.78 Å². The summed E-state index contributed by atoms with van der Waals surface area (Å²) in [6.07, 6.45) is 3.35. The molecule has 92 valence electrons. The number of hydrogen-bond donors (Lipinski definition) is 0. The predicted octanol–water partition coefficient (Wildman–Crippen LogP) is 2.89. The van der Waals surface area contributed by atoms with Gasteiger partial charge in [-0.15, -0.1) is 0 Å². The number of ether oxygens (including phenoxy) is 1. The Morgan fingerprint density at radius 3 is 2.19 bits per heavy atom. The van der Waals surface area contributed by atoms with E-state index in [0.29, 0.717) is 6.42 Å². The van der Waals surface area contributed by atoms with Crippen molar-refractivity contribution in [3.05, 3.63) is 11.6 Å². The fourth-order valence-corrected chi connectivity index (χ4v) is 1.23. The molecule has 0 fully saturated rings. The van der Waals surface area contributed by atoms with E-state index < -0.39 is 11.8 Å². The van der Waals surface area contributed by atoms with Crippen LogP contribution in [0.2, 0.25) is 0 Å². The number of allylic oxidation sites excluding steroid dienone is 2. The van der Waals surface area contributed by atoms with Gasteiger partial charge in [-0.2, -0.15) is 0 Å². The van der Waals surface area contributed by atoms with Crippen LogP contribution in [0.25, 0.3) is 0 Å². The van der Waals surface area contributed by atoms with Gasteiger partial charge in [0.1, 0.15) is 0 Å². The van der Waals surface area contributed by atoms with E-state index in [1.165, 1.54) is 5.57 Å². The Labute approximate surface area is 97.9 Å². The SMILES string of the molecule is CC(C)=CCCC(C)C(=O)C(=O)OC(C)C. The number of ketones is 1. The van der Waals surface area contributed by atoms with Gasteiger partial charge < -0.3 is 4.74 Å². The minimum atomic E-state index is -0.709. The maximum absolute atomic E-state index is 11.6. The molecule has 0 saturated heterocycles. The van der Waals surface area contributed by atoms with Crippen LogP contribution in [0.4, 0.5) is 0 Å². The van der Waals surface area contributed by atoms with Crippen molar-refractivity contribution in [2.24, 2.45) is 5.92 Å². The van der Waals surface area contributed by atoms with E-state index in [1.54, 1.807) is 20.8 Å². The minimum absolute atomic E-state index is 0.235. The smallest absolute Gasteiger partial charge is 0.375 e. The standard InChI is InChI=1S/C13H22O3/c1-9(2)7-6-8-11(5)12(14)13(15)16-10(3)4/h7,10-11H,6,8H2,1-5H3. The fraction of sp³-hybridized carbons (Fsp3) is 0.692. The van der Waals surface area contributed by atoms with Crippen molar-refractivity contribution in [3.63, 3.8) is 0 Å². The summed E-state index contributed by atoms with van der Waals surface area (Å²) in [5.41, 5.74) is 1.23. The van der Waals surface area contributed by atoms with Crippen LogP contribution in [-0.2, 0) is 14.3 Å². The van der Waals surface area contributed by atoms with Gasteiger partial charge in [0, 0.05) is 5.92 Å². The molecule has 0 amide bonds. The van der Waals surface area contributed by atoms with Crippen molar-refractivity contribution in [1.82, 2.24) is 0 Å². The molecule has 0 aliphatic heterocycles. The highest BCUT2D eigenvalue weighted by atomic mass is 16.5. The molecule has 0 aliphatic carbocycles. The molecule has 3 nitrogen and oxygen atoms in total. The second kappa shape index (κ2) is 7.20. The van der Waals surface area contributed by atoms with Gasteiger partial charge in [-0.25, -0.2) is 4.79 Å². The van der Waals surface area contributed by atoms with Crippen molar-refractivity contribution < 1.29 is 14.3 Å². The molecule has 0 aliphatic rings. The Morgan fingerprint density at radius 1 is 1.19 bits per heavy atom. The minimum Gasteiger partial charge on any atom is -0.457 e. The van der Waals surface area contributed by atoms with E-state index in [0.717, 1.165) is 6.42 Å². The zero-order valence-electron chi connectivity index (χ0n) is 10.9. The Kier molecular flexibility index (Phi) is 6.70. The average Bonchev–Trinajstić information content (AvgIpc) is 2.14. The van der Waals surface area contributed by atoms with Crippen LogP contribution in [0.3, 0.4) is 0 Å². The van der Waals surface area contributed by atoms with E-state index >= 15 is 0 Å². The molecular weight excluding hydrogens is 204 g/mol. The van der Waals surface area contributed by atoms with Gasteiger partial charge in [0.15, 0.2) is 0 Å². The Morgan fingerprint density at radius 2 is 1.75 bits per heavy atom. The maximum atomic E-state index is 11.6. The summed E-state index contributed by atoms with van der Waals surface area (Å²) in [6.45, 7) is 9.26. The highest BCUT2D eigenvalue weighted by molar-refractivity contribution is 6.34. The number of carbonyl (C=O) groups excluding carboxylic acids is 2. The van der Waals surface area contributed by atoms with E-state index in [-0.39, 0.29) is 12.0 Å². The average molecular weight is 226 g/mol. The summed E-state index contributed by atoms with van der Waals surface area (Å²) >= 11 is 0. The van der Waals surface area contributed by atoms with Crippen molar-refractivity contribution in [1.29, 1.82) is 0 Å². The molecule has 0 radical (unpaired) electrons. The van der Waals surface area contributed by atoms with Crippen LogP contribution < -0.4 is 0 Å². The Bertz CT molecular complexity index is 273. The molecule has 0 N–H and O–H groups in total. The quantitative estimate of drug-likeness (QED) is 0.397. The van der Waals surface area contributed by atoms with Crippen LogP contribution in [0.15, 0.2) is 11.6 Å². The maximum Gasteiger partial charge on any atom is 0.375 e. The molecule has 0 saturated carbocycles. The third-order valence-electron chi connectivity index (χ3n) is 2.14. The van der Waals surface area contributed by atoms with Gasteiger partial charge in [-0.1, -0.05) is 18.6 Å². The molecule has 0 rings (SSSR count). The molecule has 0 spiro atoms. The first kappa shape index (κ1) is 14.9. The van der Waals surface area contributed by atoms with Crippen molar-refractivity contribution in [2.45, 2.75) is 53.6 Å². The third kappa shape index (κ3) is 6.38. The lowest BCUT2D eigenvalue weighted by Crippen LogP contribution is -2.26. The largest absolute Gasteiger partial charge is 0.457 e. The van der Waals surface area contributed by atoms with Crippen LogP contribution in [0.1, 0.15) is 47.5 Å². The van der Waals surface area contributed by atoms with E-state index in [2.05, 4.69) is 6.08 Å². The molecule has 16 heavy (non-hydrogen) atoms. The summed E-state index contributed by atoms with van der Waals surface area (Å²) in [7, 11) is 0. The van der Waals surface area contributed by atoms with Gasteiger partial charge in [0.05, 0.1) is 6.10 Å². The summed E-state index contributed by atoms with van der Waals surface area (Å²) in [6, 6.07) is 0. The van der Waals surface area contributed by atoms with E-state index in [9.17, 15) is 9.59 Å². The zero-order chi connectivity index (χ0) is 12.7. The van der Waals surface area contributed by atoms with Gasteiger partial charge >= 0.3 is 5.97 Å². The summed E-state index contributed by atoms with van der Waals surface area (Å²) in [5.74, 6) is -1.39. The summed E-state index contributed by atoms with van der Waals surface area (Å²) < 4.78 is 4.86. The number of rotatable bonds is 6. The lowest BCUT2D eigenvalue weighted by atomic mass is 10.00. The number of esters is 1. The number of Topliss-reactive ketones (excluding diaryl/α,β-unsaturated/α-hetero) is 1. The first-order chi connectivity index (χ1) is 7.34. The Balaban J connectivity index is 4.08. The normalized spacial score (nSPS) is 12.1. The van der Waals surface area contributed by atoms with E-state index in [1.807, 2.05) is 13.8 Å². The lowest BCUT2D eigenvalue weighted by Gasteiger charge is -2.10. The first-order valence-electron chi connectivity index (χ1n) is 5.72. The van der Waals surface area contributed by atoms with Crippen LogP contribution in [0, 0.1) is 5.92 Å². The monoisotopic (exact) mass is 226 g/mol. The van der Waals surface area contributed by atoms with Gasteiger partial charge in [0.25, 0.3) is 0 Å². The molecule has 1 atom stereocenters. The lowest BCUT2D eigenvalue weighted by molar-refractivity contribution is -0.158. The highest BCUT2D eigenvalue weighted by Gasteiger charge is 2.22. The van der Waals surface area contributed by atoms with Crippen LogP contribution >= 0.6 is 0 Å². The van der Waals surface area contributed by atoms with Crippen molar-refractivity contribution in [3.8, 4) is 0 Å². The predicted molar refractivity (Wildman–Crippen MR) is 64.1 cm³/mol. The second-order valence-electron chi connectivity index (χ2n) is 4.58. The van der Waals surface area contributed by atoms with Gasteiger partial charge in [-0.05, 0) is 40.5 Å². The summed E-state index contributed by atoms with van der Waals surface area (Å²) in [5, 5.41) is 0. The highest BCUT2D eigenvalue weighted by Crippen LogP contribution is 2.10. The molecular formula is C13H22O3. The van der Waals surface area contributed by atoms with Crippen molar-refractivity contribution >= 4 is 11.8 Å².